The van der Waals surface area contributed by atoms with Gasteiger partial charge in [0.25, 0.3) is 5.91 Å². The smallest absolute Gasteiger partial charge is 0.261 e. The summed E-state index contributed by atoms with van der Waals surface area (Å²) in [6, 6.07) is 5.56. The van der Waals surface area contributed by atoms with E-state index in [2.05, 4.69) is 10.3 Å². The minimum absolute atomic E-state index is 0.234. The molecule has 0 spiro atoms. The highest BCUT2D eigenvalue weighted by Gasteiger charge is 2.14. The van der Waals surface area contributed by atoms with Gasteiger partial charge in [0, 0.05) is 11.1 Å². The number of nitrogens with one attached hydrogen (secondary N) is 1. The van der Waals surface area contributed by atoms with Crippen molar-refractivity contribution in [1.29, 1.82) is 0 Å². The van der Waals surface area contributed by atoms with Crippen LogP contribution in [-0.4, -0.2) is 17.0 Å². The fourth-order valence-corrected chi connectivity index (χ4v) is 2.27. The first-order valence-corrected chi connectivity index (χ1v) is 7.03. The molecule has 1 atom stereocenters. The van der Waals surface area contributed by atoms with Crippen molar-refractivity contribution in [1.82, 2.24) is 10.3 Å². The van der Waals surface area contributed by atoms with E-state index in [-0.39, 0.29) is 11.7 Å². The summed E-state index contributed by atoms with van der Waals surface area (Å²) < 4.78 is 18.2. The number of carbonyl (C=O) groups is 1. The Kier molecular flexibility index (Phi) is 4.68. The number of carbonyl (C=O) groups excluding carboxylic acids is 1. The highest BCUT2D eigenvalue weighted by atomic mass is 32.1. The number of amides is 1. The van der Waals surface area contributed by atoms with Crippen LogP contribution >= 0.6 is 11.3 Å². The molecule has 0 radical (unpaired) electrons. The second kappa shape index (κ2) is 6.47. The van der Waals surface area contributed by atoms with E-state index in [1.165, 1.54) is 35.6 Å². The topological polar surface area (TPSA) is 51.2 Å². The molecule has 0 aliphatic carbocycles. The predicted octanol–water partition coefficient (Wildman–Crippen LogP) is 2.67. The first-order valence-electron chi connectivity index (χ1n) is 6.15. The van der Waals surface area contributed by atoms with Crippen molar-refractivity contribution in [3.05, 3.63) is 46.2 Å². The van der Waals surface area contributed by atoms with Gasteiger partial charge in [0.1, 0.15) is 16.6 Å². The van der Waals surface area contributed by atoms with Crippen molar-refractivity contribution in [2.24, 2.45) is 0 Å². The Morgan fingerprint density at radius 1 is 1.45 bits per heavy atom. The molecule has 2 aromatic rings. The van der Waals surface area contributed by atoms with Crippen molar-refractivity contribution < 1.29 is 13.9 Å². The number of ether oxygens (including phenoxy) is 1. The molecule has 6 heteroatoms. The third kappa shape index (κ3) is 4.03. The van der Waals surface area contributed by atoms with Crippen molar-refractivity contribution >= 4 is 17.2 Å². The number of halogens is 1. The molecule has 0 aliphatic heterocycles. The number of rotatable bonds is 5. The van der Waals surface area contributed by atoms with Crippen LogP contribution in [0.15, 0.2) is 29.6 Å². The van der Waals surface area contributed by atoms with Crippen LogP contribution in [0.5, 0.6) is 5.75 Å². The third-order valence-electron chi connectivity index (χ3n) is 2.58. The van der Waals surface area contributed by atoms with Gasteiger partial charge in [-0.2, -0.15) is 0 Å². The summed E-state index contributed by atoms with van der Waals surface area (Å²) >= 11 is 1.50. The maximum atomic E-state index is 12.8. The zero-order valence-corrected chi connectivity index (χ0v) is 12.0. The molecule has 0 aliphatic rings. The summed E-state index contributed by atoms with van der Waals surface area (Å²) in [7, 11) is 0. The molecule has 20 heavy (non-hydrogen) atoms. The SMILES string of the molecule is Cc1csc(CNC(=O)C(C)Oc2ccc(F)cc2)n1. The van der Waals surface area contributed by atoms with E-state index in [0.29, 0.717) is 12.3 Å². The van der Waals surface area contributed by atoms with Gasteiger partial charge in [0.2, 0.25) is 0 Å². The fourth-order valence-electron chi connectivity index (χ4n) is 1.56. The van der Waals surface area contributed by atoms with Crippen LogP contribution in [0.25, 0.3) is 0 Å². The standard InChI is InChI=1S/C14H15FN2O2S/c1-9-8-20-13(17-9)7-16-14(18)10(2)19-12-5-3-11(15)4-6-12/h3-6,8,10H,7H2,1-2H3,(H,16,18). The van der Waals surface area contributed by atoms with Crippen LogP contribution < -0.4 is 10.1 Å². The van der Waals surface area contributed by atoms with E-state index in [1.807, 2.05) is 12.3 Å². The molecule has 106 valence electrons. The summed E-state index contributed by atoms with van der Waals surface area (Å²) in [6.45, 7) is 3.93. The Hall–Kier alpha value is -1.95. The van der Waals surface area contributed by atoms with Gasteiger partial charge in [0.05, 0.1) is 6.54 Å². The van der Waals surface area contributed by atoms with Gasteiger partial charge in [-0.15, -0.1) is 11.3 Å². The molecule has 1 aromatic heterocycles. The third-order valence-corrected chi connectivity index (χ3v) is 3.54. The van der Waals surface area contributed by atoms with Gasteiger partial charge < -0.3 is 10.1 Å². The van der Waals surface area contributed by atoms with E-state index in [4.69, 9.17) is 4.74 Å². The number of thiazole rings is 1. The van der Waals surface area contributed by atoms with Gasteiger partial charge in [0.15, 0.2) is 6.10 Å². The van der Waals surface area contributed by atoms with E-state index >= 15 is 0 Å². The number of benzene rings is 1. The number of hydrogen-bond donors (Lipinski definition) is 1. The second-order valence-corrected chi connectivity index (χ2v) is 5.26. The van der Waals surface area contributed by atoms with Crippen LogP contribution in [-0.2, 0) is 11.3 Å². The van der Waals surface area contributed by atoms with Crippen LogP contribution in [0.4, 0.5) is 4.39 Å². The van der Waals surface area contributed by atoms with E-state index in [0.717, 1.165) is 10.7 Å². The van der Waals surface area contributed by atoms with Crippen LogP contribution in [0.3, 0.4) is 0 Å². The average molecular weight is 294 g/mol. The number of nitrogens with zero attached hydrogens (tertiary/aromatic N) is 1. The van der Waals surface area contributed by atoms with Crippen molar-refractivity contribution in [2.75, 3.05) is 0 Å². The zero-order valence-electron chi connectivity index (χ0n) is 11.2. The van der Waals surface area contributed by atoms with E-state index in [9.17, 15) is 9.18 Å². The second-order valence-electron chi connectivity index (χ2n) is 4.31. The highest BCUT2D eigenvalue weighted by Crippen LogP contribution is 2.13. The quantitative estimate of drug-likeness (QED) is 0.922. The lowest BCUT2D eigenvalue weighted by molar-refractivity contribution is -0.127. The number of hydrogen-bond acceptors (Lipinski definition) is 4. The Bertz CT molecular complexity index is 583. The first-order chi connectivity index (χ1) is 9.54. The maximum absolute atomic E-state index is 12.8. The maximum Gasteiger partial charge on any atom is 0.261 e. The fraction of sp³-hybridized carbons (Fsp3) is 0.286. The normalized spacial score (nSPS) is 11.9. The van der Waals surface area contributed by atoms with Crippen LogP contribution in [0, 0.1) is 12.7 Å². The van der Waals surface area contributed by atoms with Crippen molar-refractivity contribution in [3.63, 3.8) is 0 Å². The number of aryl methyl sites for hydroxylation is 1. The van der Waals surface area contributed by atoms with Gasteiger partial charge in [-0.05, 0) is 38.1 Å². The average Bonchev–Trinajstić information content (AvgIpc) is 2.84. The van der Waals surface area contributed by atoms with Gasteiger partial charge in [-0.1, -0.05) is 0 Å². The van der Waals surface area contributed by atoms with Gasteiger partial charge in [-0.3, -0.25) is 4.79 Å². The first kappa shape index (κ1) is 14.5. The summed E-state index contributed by atoms with van der Waals surface area (Å²) in [5.41, 5.74) is 0.940. The van der Waals surface area contributed by atoms with Gasteiger partial charge in [-0.25, -0.2) is 9.37 Å². The Labute approximate surface area is 120 Å². The molecule has 0 fully saturated rings. The molecule has 1 amide bonds. The predicted molar refractivity (Wildman–Crippen MR) is 75.2 cm³/mol. The molecule has 1 N–H and O–H groups in total. The Balaban J connectivity index is 1.84. The Morgan fingerprint density at radius 2 is 2.15 bits per heavy atom. The van der Waals surface area contributed by atoms with E-state index < -0.39 is 6.10 Å². The molecule has 0 saturated heterocycles. The monoisotopic (exact) mass is 294 g/mol. The molecule has 1 aromatic carbocycles. The van der Waals surface area contributed by atoms with Crippen LogP contribution in [0.2, 0.25) is 0 Å². The van der Waals surface area contributed by atoms with Crippen molar-refractivity contribution in [3.8, 4) is 5.75 Å². The molecule has 1 unspecified atom stereocenters. The summed E-state index contributed by atoms with van der Waals surface area (Å²) in [5, 5.41) is 5.54. The lowest BCUT2D eigenvalue weighted by Gasteiger charge is -2.14. The molecule has 0 bridgehead atoms. The summed E-state index contributed by atoms with van der Waals surface area (Å²) in [4.78, 5) is 16.1. The lowest BCUT2D eigenvalue weighted by atomic mass is 10.3. The molecular formula is C14H15FN2O2S. The number of aromatic nitrogens is 1. The van der Waals surface area contributed by atoms with Crippen molar-refractivity contribution in [2.45, 2.75) is 26.5 Å². The minimum Gasteiger partial charge on any atom is -0.481 e. The molecule has 4 nitrogen and oxygen atoms in total. The molecular weight excluding hydrogens is 279 g/mol. The largest absolute Gasteiger partial charge is 0.481 e. The van der Waals surface area contributed by atoms with E-state index in [1.54, 1.807) is 6.92 Å². The molecule has 1 heterocycles. The van der Waals surface area contributed by atoms with Crippen LogP contribution in [0.1, 0.15) is 17.6 Å². The molecule has 0 saturated carbocycles. The lowest BCUT2D eigenvalue weighted by Crippen LogP contribution is -2.35. The summed E-state index contributed by atoms with van der Waals surface area (Å²) in [6.07, 6.45) is -0.651. The Morgan fingerprint density at radius 3 is 2.75 bits per heavy atom. The minimum atomic E-state index is -0.651. The highest BCUT2D eigenvalue weighted by molar-refractivity contribution is 7.09. The summed E-state index contributed by atoms with van der Waals surface area (Å²) in [5.74, 6) is -0.116. The zero-order chi connectivity index (χ0) is 14.5. The molecule has 2 rings (SSSR count). The van der Waals surface area contributed by atoms with Gasteiger partial charge >= 0.3 is 0 Å².